The molecule has 1 aliphatic heterocycles. The Labute approximate surface area is 130 Å². The van der Waals surface area contributed by atoms with Crippen molar-refractivity contribution in [3.05, 3.63) is 11.5 Å². The topological polar surface area (TPSA) is 97.6 Å². The fourth-order valence-electron chi connectivity index (χ4n) is 3.28. The van der Waals surface area contributed by atoms with Crippen LogP contribution in [0.15, 0.2) is 9.42 Å². The second-order valence-corrected chi connectivity index (χ2v) is 10.2. The molecule has 0 radical (unpaired) electrons. The Kier molecular flexibility index (Phi) is 3.85. The molecule has 1 saturated carbocycles. The second kappa shape index (κ2) is 5.31. The van der Waals surface area contributed by atoms with Gasteiger partial charge in [0.2, 0.25) is 10.0 Å². The van der Waals surface area contributed by atoms with Gasteiger partial charge >= 0.3 is 0 Å². The minimum atomic E-state index is -3.79. The molecule has 0 amide bonds. The van der Waals surface area contributed by atoms with Crippen molar-refractivity contribution in [3.63, 3.8) is 0 Å². The molecule has 9 heteroatoms. The smallest absolute Gasteiger partial charge is 0.248 e. The summed E-state index contributed by atoms with van der Waals surface area (Å²) >= 11 is 0. The Morgan fingerprint density at radius 3 is 2.45 bits per heavy atom. The average Bonchev–Trinajstić information content (AvgIpc) is 2.65. The summed E-state index contributed by atoms with van der Waals surface area (Å²) in [6.45, 7) is 3.16. The van der Waals surface area contributed by atoms with Gasteiger partial charge in [-0.3, -0.25) is 0 Å². The van der Waals surface area contributed by atoms with Crippen molar-refractivity contribution in [3.8, 4) is 0 Å². The summed E-state index contributed by atoms with van der Waals surface area (Å²) in [5.41, 5.74) is 0.318. The molecule has 1 atom stereocenters. The molecule has 1 saturated heterocycles. The monoisotopic (exact) mass is 348 g/mol. The van der Waals surface area contributed by atoms with Crippen molar-refractivity contribution in [2.45, 2.75) is 44.0 Å². The zero-order valence-corrected chi connectivity index (χ0v) is 14.3. The van der Waals surface area contributed by atoms with Crippen LogP contribution in [0.4, 0.5) is 0 Å². The van der Waals surface area contributed by atoms with E-state index in [0.29, 0.717) is 5.69 Å². The molecule has 1 unspecified atom stereocenters. The maximum atomic E-state index is 13.0. The molecule has 0 bridgehead atoms. The highest BCUT2D eigenvalue weighted by molar-refractivity contribution is 7.92. The van der Waals surface area contributed by atoms with Crippen molar-refractivity contribution in [1.82, 2.24) is 9.46 Å². The molecule has 0 spiro atoms. The van der Waals surface area contributed by atoms with E-state index in [1.54, 1.807) is 13.8 Å². The Morgan fingerprint density at radius 1 is 1.27 bits per heavy atom. The third-order valence-electron chi connectivity index (χ3n) is 4.65. The molecule has 3 rings (SSSR count). The number of hydrogen-bond acceptors (Lipinski definition) is 6. The largest absolute Gasteiger partial charge is 0.360 e. The van der Waals surface area contributed by atoms with Gasteiger partial charge in [-0.05, 0) is 32.6 Å². The Hall–Kier alpha value is -0.930. The van der Waals surface area contributed by atoms with E-state index >= 15 is 0 Å². The number of rotatable bonds is 3. The molecule has 2 fully saturated rings. The molecule has 124 valence electrons. The van der Waals surface area contributed by atoms with Crippen LogP contribution in [0.5, 0.6) is 0 Å². The van der Waals surface area contributed by atoms with Crippen molar-refractivity contribution >= 4 is 19.9 Å². The normalized spacial score (nSPS) is 26.7. The maximum Gasteiger partial charge on any atom is 0.248 e. The first kappa shape index (κ1) is 15.9. The van der Waals surface area contributed by atoms with E-state index in [-0.39, 0.29) is 34.6 Å². The predicted molar refractivity (Wildman–Crippen MR) is 79.7 cm³/mol. The van der Waals surface area contributed by atoms with Crippen LogP contribution in [-0.4, -0.2) is 50.4 Å². The second-order valence-electron chi connectivity index (χ2n) is 6.14. The first-order valence-electron chi connectivity index (χ1n) is 7.37. The molecule has 1 aromatic heterocycles. The van der Waals surface area contributed by atoms with Crippen LogP contribution in [-0.2, 0) is 19.9 Å². The molecule has 0 N–H and O–H groups in total. The maximum absolute atomic E-state index is 13.0. The Morgan fingerprint density at radius 2 is 1.95 bits per heavy atom. The summed E-state index contributed by atoms with van der Waals surface area (Å²) < 4.78 is 56.2. The minimum absolute atomic E-state index is 0.00981. The van der Waals surface area contributed by atoms with Crippen LogP contribution in [0.2, 0.25) is 0 Å². The van der Waals surface area contributed by atoms with E-state index in [2.05, 4.69) is 5.16 Å². The standard InChI is InChI=1S/C13H20N2O5S2/c1-9-13(10(2)20-14-9)22(18,19)15-6-7-21(16,17)8-12(15)11-4-3-5-11/h11-12H,3-8H2,1-2H3. The van der Waals surface area contributed by atoms with Crippen LogP contribution in [0, 0.1) is 19.8 Å². The van der Waals surface area contributed by atoms with Gasteiger partial charge in [0.05, 0.1) is 11.5 Å². The lowest BCUT2D eigenvalue weighted by atomic mass is 9.80. The van der Waals surface area contributed by atoms with Gasteiger partial charge in [0.25, 0.3) is 0 Å². The number of aromatic nitrogens is 1. The van der Waals surface area contributed by atoms with Crippen molar-refractivity contribution in [2.24, 2.45) is 5.92 Å². The van der Waals surface area contributed by atoms with Crippen molar-refractivity contribution in [1.29, 1.82) is 0 Å². The van der Waals surface area contributed by atoms with Crippen LogP contribution in [0.3, 0.4) is 0 Å². The van der Waals surface area contributed by atoms with E-state index in [1.165, 1.54) is 4.31 Å². The van der Waals surface area contributed by atoms with Gasteiger partial charge in [-0.25, -0.2) is 16.8 Å². The van der Waals surface area contributed by atoms with Crippen molar-refractivity contribution < 1.29 is 21.4 Å². The van der Waals surface area contributed by atoms with Gasteiger partial charge in [-0.1, -0.05) is 11.6 Å². The third-order valence-corrected chi connectivity index (χ3v) is 8.47. The highest BCUT2D eigenvalue weighted by Gasteiger charge is 2.45. The molecule has 22 heavy (non-hydrogen) atoms. The van der Waals surface area contributed by atoms with Crippen LogP contribution >= 0.6 is 0 Å². The number of sulfonamides is 1. The van der Waals surface area contributed by atoms with Gasteiger partial charge in [0, 0.05) is 12.6 Å². The van der Waals surface area contributed by atoms with Gasteiger partial charge in [-0.2, -0.15) is 4.31 Å². The summed E-state index contributed by atoms with van der Waals surface area (Å²) in [5, 5.41) is 3.71. The van der Waals surface area contributed by atoms with Crippen LogP contribution in [0.1, 0.15) is 30.7 Å². The molecule has 1 aromatic rings. The highest BCUT2D eigenvalue weighted by atomic mass is 32.2. The molecular formula is C13H20N2O5S2. The lowest BCUT2D eigenvalue weighted by Gasteiger charge is -2.42. The lowest BCUT2D eigenvalue weighted by Crippen LogP contribution is -2.55. The van der Waals surface area contributed by atoms with Gasteiger partial charge < -0.3 is 4.52 Å². The molecule has 2 heterocycles. The fraction of sp³-hybridized carbons (Fsp3) is 0.769. The van der Waals surface area contributed by atoms with E-state index in [9.17, 15) is 16.8 Å². The number of nitrogens with zero attached hydrogens (tertiary/aromatic N) is 2. The summed E-state index contributed by atoms with van der Waals surface area (Å²) in [5.74, 6) is 0.169. The van der Waals surface area contributed by atoms with Crippen LogP contribution in [0.25, 0.3) is 0 Å². The van der Waals surface area contributed by atoms with Crippen LogP contribution < -0.4 is 0 Å². The number of aryl methyl sites for hydroxylation is 2. The zero-order chi connectivity index (χ0) is 16.1. The van der Waals surface area contributed by atoms with E-state index in [4.69, 9.17) is 4.52 Å². The van der Waals surface area contributed by atoms with Gasteiger partial charge in [0.1, 0.15) is 10.6 Å². The summed E-state index contributed by atoms with van der Waals surface area (Å²) in [6.07, 6.45) is 2.79. The summed E-state index contributed by atoms with van der Waals surface area (Å²) in [7, 11) is -6.97. The summed E-state index contributed by atoms with van der Waals surface area (Å²) in [6, 6.07) is -0.466. The average molecular weight is 348 g/mol. The van der Waals surface area contributed by atoms with Crippen molar-refractivity contribution in [2.75, 3.05) is 18.1 Å². The van der Waals surface area contributed by atoms with Gasteiger partial charge in [-0.15, -0.1) is 0 Å². The molecular weight excluding hydrogens is 328 g/mol. The first-order valence-corrected chi connectivity index (χ1v) is 10.6. The molecule has 1 aliphatic carbocycles. The lowest BCUT2D eigenvalue weighted by molar-refractivity contribution is 0.175. The zero-order valence-electron chi connectivity index (χ0n) is 12.6. The van der Waals surface area contributed by atoms with Gasteiger partial charge in [0.15, 0.2) is 15.6 Å². The van der Waals surface area contributed by atoms with E-state index in [1.807, 2.05) is 0 Å². The fourth-order valence-corrected chi connectivity index (χ4v) is 7.08. The predicted octanol–water partition coefficient (Wildman–Crippen LogP) is 0.879. The molecule has 0 aromatic carbocycles. The molecule has 2 aliphatic rings. The number of hydrogen-bond donors (Lipinski definition) is 0. The highest BCUT2D eigenvalue weighted by Crippen LogP contribution is 2.37. The van der Waals surface area contributed by atoms with E-state index < -0.39 is 25.9 Å². The first-order chi connectivity index (χ1) is 10.2. The molecule has 7 nitrogen and oxygen atoms in total. The Bertz CT molecular complexity index is 758. The van der Waals surface area contributed by atoms with E-state index in [0.717, 1.165) is 19.3 Å². The quantitative estimate of drug-likeness (QED) is 0.804. The number of sulfone groups is 1. The summed E-state index contributed by atoms with van der Waals surface area (Å²) in [4.78, 5) is 0.0797. The Balaban J connectivity index is 2.01. The minimum Gasteiger partial charge on any atom is -0.360 e. The third kappa shape index (κ3) is 2.59. The SMILES string of the molecule is Cc1noc(C)c1S(=O)(=O)N1CCS(=O)(=O)CC1C1CCC1.